The van der Waals surface area contributed by atoms with E-state index < -0.39 is 0 Å². The van der Waals surface area contributed by atoms with E-state index in [0.29, 0.717) is 5.02 Å². The van der Waals surface area contributed by atoms with Crippen molar-refractivity contribution < 1.29 is 4.74 Å². The van der Waals surface area contributed by atoms with Crippen molar-refractivity contribution in [2.24, 2.45) is 0 Å². The van der Waals surface area contributed by atoms with Gasteiger partial charge in [0.15, 0.2) is 0 Å². The second kappa shape index (κ2) is 6.81. The van der Waals surface area contributed by atoms with Gasteiger partial charge in [-0.3, -0.25) is 0 Å². The Morgan fingerprint density at radius 1 is 1.18 bits per heavy atom. The van der Waals surface area contributed by atoms with Crippen molar-refractivity contribution in [1.82, 2.24) is 20.2 Å². The lowest BCUT2D eigenvalue weighted by molar-refractivity contribution is 0.414. The van der Waals surface area contributed by atoms with Crippen LogP contribution in [0.2, 0.25) is 5.02 Å². The average Bonchev–Trinajstić information content (AvgIpc) is 3.02. The van der Waals surface area contributed by atoms with Gasteiger partial charge in [-0.05, 0) is 52.4 Å². The van der Waals surface area contributed by atoms with Crippen LogP contribution in [0.25, 0.3) is 5.69 Å². The van der Waals surface area contributed by atoms with E-state index >= 15 is 0 Å². The van der Waals surface area contributed by atoms with E-state index in [9.17, 15) is 0 Å². The molecule has 1 aromatic heterocycles. The number of nitrogens with zero attached hydrogens (tertiary/aromatic N) is 4. The highest BCUT2D eigenvalue weighted by atomic mass is 35.5. The Morgan fingerprint density at radius 3 is 2.77 bits per heavy atom. The number of hydrogen-bond donors (Lipinski definition) is 0. The van der Waals surface area contributed by atoms with Crippen LogP contribution < -0.4 is 4.74 Å². The molecule has 0 unspecified atom stereocenters. The SMILES string of the molecule is COc1cccc(CSc2nnnn2-c2ccc(Cl)cc2)c1. The van der Waals surface area contributed by atoms with Crippen LogP contribution in [0.3, 0.4) is 0 Å². The topological polar surface area (TPSA) is 52.8 Å². The van der Waals surface area contributed by atoms with Gasteiger partial charge in [-0.25, -0.2) is 0 Å². The predicted octanol–water partition coefficient (Wildman–Crippen LogP) is 3.62. The molecule has 0 N–H and O–H groups in total. The monoisotopic (exact) mass is 332 g/mol. The lowest BCUT2D eigenvalue weighted by Crippen LogP contribution is -1.98. The van der Waals surface area contributed by atoms with E-state index in [1.165, 1.54) is 0 Å². The number of aromatic nitrogens is 4. The number of benzene rings is 2. The van der Waals surface area contributed by atoms with Crippen LogP contribution in [0.4, 0.5) is 0 Å². The van der Waals surface area contributed by atoms with Crippen molar-refractivity contribution in [3.05, 3.63) is 59.1 Å². The van der Waals surface area contributed by atoms with Gasteiger partial charge in [0.1, 0.15) is 5.75 Å². The molecule has 3 aromatic rings. The Kier molecular flexibility index (Phi) is 4.60. The van der Waals surface area contributed by atoms with E-state index in [4.69, 9.17) is 16.3 Å². The van der Waals surface area contributed by atoms with E-state index in [-0.39, 0.29) is 0 Å². The second-order valence-electron chi connectivity index (χ2n) is 4.49. The molecular weight excluding hydrogens is 320 g/mol. The molecule has 22 heavy (non-hydrogen) atoms. The Balaban J connectivity index is 1.76. The van der Waals surface area contributed by atoms with Crippen molar-refractivity contribution in [1.29, 1.82) is 0 Å². The fraction of sp³-hybridized carbons (Fsp3) is 0.133. The third-order valence-corrected chi connectivity index (χ3v) is 4.26. The van der Waals surface area contributed by atoms with Crippen LogP contribution in [0.1, 0.15) is 5.56 Å². The zero-order chi connectivity index (χ0) is 15.4. The molecule has 1 heterocycles. The highest BCUT2D eigenvalue weighted by Gasteiger charge is 2.09. The number of methoxy groups -OCH3 is 1. The molecule has 0 aliphatic carbocycles. The van der Waals surface area contributed by atoms with Gasteiger partial charge in [-0.2, -0.15) is 4.68 Å². The van der Waals surface area contributed by atoms with Gasteiger partial charge in [-0.15, -0.1) is 5.10 Å². The van der Waals surface area contributed by atoms with Crippen molar-refractivity contribution in [3.8, 4) is 11.4 Å². The van der Waals surface area contributed by atoms with Crippen LogP contribution in [0.5, 0.6) is 5.75 Å². The number of halogens is 1. The van der Waals surface area contributed by atoms with Crippen LogP contribution in [0, 0.1) is 0 Å². The summed E-state index contributed by atoms with van der Waals surface area (Å²) in [7, 11) is 1.66. The quantitative estimate of drug-likeness (QED) is 0.668. The summed E-state index contributed by atoms with van der Waals surface area (Å²) in [6.45, 7) is 0. The Labute approximate surface area is 137 Å². The smallest absolute Gasteiger partial charge is 0.214 e. The summed E-state index contributed by atoms with van der Waals surface area (Å²) in [6, 6.07) is 15.3. The maximum atomic E-state index is 5.90. The van der Waals surface area contributed by atoms with Crippen LogP contribution in [0.15, 0.2) is 53.7 Å². The normalized spacial score (nSPS) is 10.6. The maximum Gasteiger partial charge on any atom is 0.214 e. The minimum Gasteiger partial charge on any atom is -0.497 e. The van der Waals surface area contributed by atoms with Crippen molar-refractivity contribution in [2.75, 3.05) is 7.11 Å². The minimum atomic E-state index is 0.683. The molecule has 0 spiro atoms. The van der Waals surface area contributed by atoms with Gasteiger partial charge in [0, 0.05) is 10.8 Å². The summed E-state index contributed by atoms with van der Waals surface area (Å²) in [5.74, 6) is 1.60. The number of hydrogen-bond acceptors (Lipinski definition) is 5. The molecule has 0 radical (unpaired) electrons. The Bertz CT molecular complexity index is 760. The van der Waals surface area contributed by atoms with E-state index in [0.717, 1.165) is 27.9 Å². The number of thioether (sulfide) groups is 1. The third kappa shape index (κ3) is 3.40. The molecule has 112 valence electrons. The zero-order valence-electron chi connectivity index (χ0n) is 11.8. The summed E-state index contributed by atoms with van der Waals surface area (Å²) in [4.78, 5) is 0. The Morgan fingerprint density at radius 2 is 2.00 bits per heavy atom. The highest BCUT2D eigenvalue weighted by molar-refractivity contribution is 7.98. The molecule has 0 fully saturated rings. The third-order valence-electron chi connectivity index (χ3n) is 3.01. The van der Waals surface area contributed by atoms with Gasteiger partial charge in [0.2, 0.25) is 5.16 Å². The molecule has 0 aliphatic heterocycles. The first-order chi connectivity index (χ1) is 10.8. The highest BCUT2D eigenvalue weighted by Crippen LogP contribution is 2.24. The standard InChI is InChI=1S/C15H13ClN4OS/c1-21-14-4-2-3-11(9-14)10-22-15-17-18-19-20(15)13-7-5-12(16)6-8-13/h2-9H,10H2,1H3. The molecular formula is C15H13ClN4OS. The summed E-state index contributed by atoms with van der Waals surface area (Å²) in [5, 5.41) is 13.3. The minimum absolute atomic E-state index is 0.683. The maximum absolute atomic E-state index is 5.90. The van der Waals surface area contributed by atoms with E-state index in [2.05, 4.69) is 15.5 Å². The number of rotatable bonds is 5. The fourth-order valence-electron chi connectivity index (χ4n) is 1.92. The van der Waals surface area contributed by atoms with Crippen LogP contribution >= 0.6 is 23.4 Å². The zero-order valence-corrected chi connectivity index (χ0v) is 13.4. The summed E-state index contributed by atoms with van der Waals surface area (Å²) in [6.07, 6.45) is 0. The van der Waals surface area contributed by atoms with Crippen molar-refractivity contribution >= 4 is 23.4 Å². The number of tetrazole rings is 1. The molecule has 0 amide bonds. The average molecular weight is 333 g/mol. The van der Waals surface area contributed by atoms with Crippen molar-refractivity contribution in [3.63, 3.8) is 0 Å². The summed E-state index contributed by atoms with van der Waals surface area (Å²) in [5.41, 5.74) is 2.03. The molecule has 5 nitrogen and oxygen atoms in total. The lowest BCUT2D eigenvalue weighted by Gasteiger charge is -2.05. The van der Waals surface area contributed by atoms with E-state index in [1.54, 1.807) is 23.6 Å². The first-order valence-electron chi connectivity index (χ1n) is 6.56. The summed E-state index contributed by atoms with van der Waals surface area (Å²) >= 11 is 7.47. The molecule has 7 heteroatoms. The van der Waals surface area contributed by atoms with E-state index in [1.807, 2.05) is 48.5 Å². The first-order valence-corrected chi connectivity index (χ1v) is 7.92. The van der Waals surface area contributed by atoms with Gasteiger partial charge in [-0.1, -0.05) is 35.5 Å². The lowest BCUT2D eigenvalue weighted by atomic mass is 10.2. The molecule has 0 atom stereocenters. The molecule has 0 saturated carbocycles. The molecule has 0 saturated heterocycles. The first kappa shape index (κ1) is 14.9. The largest absolute Gasteiger partial charge is 0.497 e. The van der Waals surface area contributed by atoms with Crippen LogP contribution in [-0.4, -0.2) is 27.3 Å². The predicted molar refractivity (Wildman–Crippen MR) is 86.7 cm³/mol. The molecule has 3 rings (SSSR count). The van der Waals surface area contributed by atoms with Gasteiger partial charge in [0.05, 0.1) is 12.8 Å². The van der Waals surface area contributed by atoms with Gasteiger partial charge in [0.25, 0.3) is 0 Å². The molecule has 0 bridgehead atoms. The number of ether oxygens (including phenoxy) is 1. The summed E-state index contributed by atoms with van der Waals surface area (Å²) < 4.78 is 6.92. The fourth-order valence-corrected chi connectivity index (χ4v) is 2.88. The van der Waals surface area contributed by atoms with Gasteiger partial charge < -0.3 is 4.74 Å². The van der Waals surface area contributed by atoms with Crippen LogP contribution in [-0.2, 0) is 5.75 Å². The van der Waals surface area contributed by atoms with Crippen molar-refractivity contribution in [2.45, 2.75) is 10.9 Å². The second-order valence-corrected chi connectivity index (χ2v) is 5.87. The Hall–Kier alpha value is -2.05. The molecule has 2 aromatic carbocycles. The molecule has 0 aliphatic rings. The van der Waals surface area contributed by atoms with Gasteiger partial charge >= 0.3 is 0 Å².